The molecule has 1 N–H and O–H groups in total. The Balaban J connectivity index is 1.62. The van der Waals surface area contributed by atoms with Crippen molar-refractivity contribution in [3.8, 4) is 0 Å². The number of H-pyrrole nitrogens is 1. The molecule has 0 unspecified atom stereocenters. The van der Waals surface area contributed by atoms with Gasteiger partial charge in [-0.3, -0.25) is 0 Å². The van der Waals surface area contributed by atoms with E-state index in [2.05, 4.69) is 20.9 Å². The van der Waals surface area contributed by atoms with E-state index in [4.69, 9.17) is 17.2 Å². The van der Waals surface area contributed by atoms with E-state index in [1.54, 1.807) is 0 Å². The lowest BCUT2D eigenvalue weighted by Gasteiger charge is -2.56. The predicted octanol–water partition coefficient (Wildman–Crippen LogP) is 5.25. The van der Waals surface area contributed by atoms with Crippen molar-refractivity contribution in [2.24, 2.45) is 17.8 Å². The Labute approximate surface area is 139 Å². The van der Waals surface area contributed by atoms with Crippen LogP contribution >= 0.6 is 28.1 Å². The maximum atomic E-state index is 5.55. The number of rotatable bonds is 2. The fourth-order valence-electron chi connectivity index (χ4n) is 5.78. The van der Waals surface area contributed by atoms with Crippen LogP contribution in [-0.4, -0.2) is 9.97 Å². The molecule has 2 nitrogen and oxygen atoms in total. The van der Waals surface area contributed by atoms with Crippen molar-refractivity contribution in [2.75, 3.05) is 0 Å². The summed E-state index contributed by atoms with van der Waals surface area (Å²) in [6.07, 6.45) is 11.1. The van der Waals surface area contributed by atoms with E-state index in [0.717, 1.165) is 26.9 Å². The van der Waals surface area contributed by atoms with Gasteiger partial charge in [-0.05, 0) is 85.1 Å². The van der Waals surface area contributed by atoms with Crippen LogP contribution in [0, 0.1) is 22.4 Å². The number of nitrogens with zero attached hydrogens (tertiary/aromatic N) is 1. The first kappa shape index (κ1) is 13.2. The highest BCUT2D eigenvalue weighted by molar-refractivity contribution is 9.10. The minimum Gasteiger partial charge on any atom is -0.345 e. The van der Waals surface area contributed by atoms with Gasteiger partial charge in [-0.2, -0.15) is 0 Å². The summed E-state index contributed by atoms with van der Waals surface area (Å²) in [5, 5.41) is 0. The highest BCUT2D eigenvalue weighted by atomic mass is 79.9. The Hall–Kier alpha value is -0.220. The molecule has 21 heavy (non-hydrogen) atoms. The average molecular weight is 365 g/mol. The van der Waals surface area contributed by atoms with Gasteiger partial charge in [-0.15, -0.1) is 0 Å². The van der Waals surface area contributed by atoms with Crippen molar-refractivity contribution < 1.29 is 0 Å². The average Bonchev–Trinajstić information content (AvgIpc) is 3.24. The molecular formula is C17H21BrN2S. The van der Waals surface area contributed by atoms with Gasteiger partial charge in [0.2, 0.25) is 0 Å². The van der Waals surface area contributed by atoms with Crippen LogP contribution in [0.5, 0.6) is 0 Å². The first-order valence-corrected chi connectivity index (χ1v) is 9.63. The lowest BCUT2D eigenvalue weighted by atomic mass is 9.49. The third-order valence-electron chi connectivity index (χ3n) is 6.42. The topological polar surface area (TPSA) is 28.7 Å². The van der Waals surface area contributed by atoms with E-state index >= 15 is 0 Å². The van der Waals surface area contributed by atoms with Crippen molar-refractivity contribution in [3.63, 3.8) is 0 Å². The van der Waals surface area contributed by atoms with E-state index in [1.807, 2.05) is 0 Å². The summed E-state index contributed by atoms with van der Waals surface area (Å²) in [5.74, 6) is 4.78. The molecule has 5 aliphatic rings. The molecule has 1 heterocycles. The molecule has 0 aromatic carbocycles. The Morgan fingerprint density at radius 3 is 2.14 bits per heavy atom. The SMILES string of the molecule is S=c1nc(C23CC4CC(CC(C4)C2)C3)[nH]c(C2CC2)c1Br. The summed E-state index contributed by atoms with van der Waals surface area (Å²) in [5.41, 5.74) is 1.66. The number of aromatic nitrogens is 2. The van der Waals surface area contributed by atoms with E-state index in [9.17, 15) is 0 Å². The number of aromatic amines is 1. The molecule has 1 aromatic rings. The molecular weight excluding hydrogens is 344 g/mol. The molecule has 0 aliphatic heterocycles. The summed E-state index contributed by atoms with van der Waals surface area (Å²) in [4.78, 5) is 8.59. The molecule has 0 spiro atoms. The molecule has 5 fully saturated rings. The summed E-state index contributed by atoms with van der Waals surface area (Å²) in [6, 6.07) is 0. The zero-order chi connectivity index (χ0) is 14.2. The van der Waals surface area contributed by atoms with Gasteiger partial charge in [0.15, 0.2) is 0 Å². The van der Waals surface area contributed by atoms with Crippen molar-refractivity contribution in [1.82, 2.24) is 9.97 Å². The lowest BCUT2D eigenvalue weighted by Crippen LogP contribution is -2.49. The highest BCUT2D eigenvalue weighted by Crippen LogP contribution is 2.60. The van der Waals surface area contributed by atoms with E-state index in [-0.39, 0.29) is 0 Å². The molecule has 4 heteroatoms. The van der Waals surface area contributed by atoms with Gasteiger partial charge >= 0.3 is 0 Å². The number of nitrogens with one attached hydrogen (secondary N) is 1. The van der Waals surface area contributed by atoms with Crippen LogP contribution in [0.15, 0.2) is 4.47 Å². The Kier molecular flexibility index (Phi) is 2.78. The van der Waals surface area contributed by atoms with Crippen LogP contribution in [0.3, 0.4) is 0 Å². The molecule has 5 saturated carbocycles. The molecule has 5 aliphatic carbocycles. The first-order chi connectivity index (χ1) is 10.1. The molecule has 0 radical (unpaired) electrons. The van der Waals surface area contributed by atoms with E-state index in [0.29, 0.717) is 11.3 Å². The summed E-state index contributed by atoms with van der Waals surface area (Å²) < 4.78 is 1.83. The van der Waals surface area contributed by atoms with Gasteiger partial charge in [-0.25, -0.2) is 4.98 Å². The molecule has 0 amide bonds. The predicted molar refractivity (Wildman–Crippen MR) is 88.9 cm³/mol. The second-order valence-corrected chi connectivity index (χ2v) is 9.27. The Bertz CT molecular complexity index is 626. The van der Waals surface area contributed by atoms with Gasteiger partial charge in [0, 0.05) is 17.0 Å². The molecule has 112 valence electrons. The zero-order valence-electron chi connectivity index (χ0n) is 12.2. The highest BCUT2D eigenvalue weighted by Gasteiger charge is 2.53. The molecule has 6 rings (SSSR count). The number of hydrogen-bond donors (Lipinski definition) is 1. The maximum Gasteiger partial charge on any atom is 0.144 e. The smallest absolute Gasteiger partial charge is 0.144 e. The van der Waals surface area contributed by atoms with Crippen LogP contribution in [0.4, 0.5) is 0 Å². The summed E-state index contributed by atoms with van der Waals surface area (Å²) in [7, 11) is 0. The molecule has 0 atom stereocenters. The van der Waals surface area contributed by atoms with Gasteiger partial charge in [0.25, 0.3) is 0 Å². The molecule has 0 saturated heterocycles. The second kappa shape index (κ2) is 4.41. The van der Waals surface area contributed by atoms with Crippen LogP contribution in [0.25, 0.3) is 0 Å². The van der Waals surface area contributed by atoms with Crippen molar-refractivity contribution in [2.45, 2.75) is 62.7 Å². The van der Waals surface area contributed by atoms with Crippen LogP contribution in [0.1, 0.15) is 68.8 Å². The summed E-state index contributed by atoms with van der Waals surface area (Å²) >= 11 is 9.22. The van der Waals surface area contributed by atoms with Crippen LogP contribution in [0.2, 0.25) is 0 Å². The molecule has 4 bridgehead atoms. The Morgan fingerprint density at radius 1 is 1.05 bits per heavy atom. The van der Waals surface area contributed by atoms with Gasteiger partial charge < -0.3 is 4.98 Å². The minimum atomic E-state index is 0.326. The number of hydrogen-bond acceptors (Lipinski definition) is 2. The van der Waals surface area contributed by atoms with Crippen LogP contribution < -0.4 is 0 Å². The first-order valence-electron chi connectivity index (χ1n) is 8.43. The standard InChI is InChI=1S/C17H21BrN2S/c18-13-14(12-1-2-12)19-16(20-15(13)21)17-6-9-3-10(7-17)5-11(4-9)8-17/h9-12H,1-8H2,(H,19,20,21). The van der Waals surface area contributed by atoms with Gasteiger partial charge in [0.05, 0.1) is 4.47 Å². The second-order valence-electron chi connectivity index (χ2n) is 8.09. The van der Waals surface area contributed by atoms with E-state index < -0.39 is 0 Å². The minimum absolute atomic E-state index is 0.326. The van der Waals surface area contributed by atoms with Gasteiger partial charge in [-0.1, -0.05) is 12.2 Å². The third-order valence-corrected chi connectivity index (χ3v) is 7.78. The van der Waals surface area contributed by atoms with Crippen LogP contribution in [-0.2, 0) is 5.41 Å². The van der Waals surface area contributed by atoms with Crippen molar-refractivity contribution in [1.29, 1.82) is 0 Å². The van der Waals surface area contributed by atoms with E-state index in [1.165, 1.54) is 62.9 Å². The van der Waals surface area contributed by atoms with Crippen molar-refractivity contribution >= 4 is 28.1 Å². The van der Waals surface area contributed by atoms with Crippen molar-refractivity contribution in [3.05, 3.63) is 20.6 Å². The summed E-state index contributed by atoms with van der Waals surface area (Å²) in [6.45, 7) is 0. The Morgan fingerprint density at radius 2 is 1.62 bits per heavy atom. The zero-order valence-corrected chi connectivity index (χ0v) is 14.6. The number of halogens is 1. The largest absolute Gasteiger partial charge is 0.345 e. The maximum absolute atomic E-state index is 5.55. The third kappa shape index (κ3) is 2.01. The quantitative estimate of drug-likeness (QED) is 0.726. The fraction of sp³-hybridized carbons (Fsp3) is 0.765. The molecule has 1 aromatic heterocycles. The fourth-order valence-corrected chi connectivity index (χ4v) is 6.49. The van der Waals surface area contributed by atoms with Gasteiger partial charge in [0.1, 0.15) is 10.5 Å². The normalized spacial score (nSPS) is 40.7. The lowest BCUT2D eigenvalue weighted by molar-refractivity contribution is -0.00956. The monoisotopic (exact) mass is 364 g/mol.